The topological polar surface area (TPSA) is 72.5 Å². The number of hydrogen-bond donors (Lipinski definition) is 1. The number of rotatable bonds is 8. The summed E-state index contributed by atoms with van der Waals surface area (Å²) in [4.78, 5) is 11.4. The van der Waals surface area contributed by atoms with Crippen LogP contribution in [-0.2, 0) is 19.6 Å². The number of nitrogens with one attached hydrogen (secondary N) is 1. The lowest BCUT2D eigenvalue weighted by Gasteiger charge is -2.30. The first kappa shape index (κ1) is 21.3. The van der Waals surface area contributed by atoms with Gasteiger partial charge < -0.3 is 4.74 Å². The van der Waals surface area contributed by atoms with Crippen LogP contribution in [0.5, 0.6) is 0 Å². The monoisotopic (exact) mass is 403 g/mol. The number of allylic oxidation sites excluding steroid dienone is 2. The molecule has 148 valence electrons. The van der Waals surface area contributed by atoms with Gasteiger partial charge in [-0.15, -0.1) is 0 Å². The van der Waals surface area contributed by atoms with E-state index in [1.807, 2.05) is 6.92 Å². The molecular formula is C18H20F3NO4S. The van der Waals surface area contributed by atoms with Gasteiger partial charge in [0.2, 0.25) is 10.0 Å². The van der Waals surface area contributed by atoms with E-state index in [4.69, 9.17) is 4.74 Å². The first-order valence-electron chi connectivity index (χ1n) is 8.21. The average molecular weight is 403 g/mol. The Morgan fingerprint density at radius 2 is 1.70 bits per heavy atom. The second-order valence-electron chi connectivity index (χ2n) is 6.24. The molecule has 0 radical (unpaired) electrons. The number of carbonyl (C=O) groups is 1. The maximum atomic E-state index is 12.5. The van der Waals surface area contributed by atoms with Crippen molar-refractivity contribution in [1.82, 2.24) is 4.72 Å². The predicted octanol–water partition coefficient (Wildman–Crippen LogP) is 3.07. The number of ketones is 1. The molecule has 0 spiro atoms. The Hall–Kier alpha value is -1.97. The molecule has 1 aromatic carbocycles. The van der Waals surface area contributed by atoms with Crippen LogP contribution in [0, 0.1) is 6.92 Å². The third-order valence-corrected chi connectivity index (χ3v) is 5.41. The summed E-state index contributed by atoms with van der Waals surface area (Å²) in [5.74, 6) is -0.346. The van der Waals surface area contributed by atoms with Crippen LogP contribution < -0.4 is 4.72 Å². The van der Waals surface area contributed by atoms with Crippen LogP contribution in [0.1, 0.15) is 18.4 Å². The van der Waals surface area contributed by atoms with Crippen molar-refractivity contribution in [2.24, 2.45) is 0 Å². The lowest BCUT2D eigenvalue weighted by molar-refractivity contribution is -0.191. The summed E-state index contributed by atoms with van der Waals surface area (Å²) in [5, 5.41) is 0. The summed E-state index contributed by atoms with van der Waals surface area (Å²) >= 11 is 0. The van der Waals surface area contributed by atoms with Crippen molar-refractivity contribution in [2.45, 2.75) is 36.4 Å². The van der Waals surface area contributed by atoms with E-state index in [9.17, 15) is 26.4 Å². The smallest absolute Gasteiger partial charge is 0.357 e. The molecule has 0 unspecified atom stereocenters. The van der Waals surface area contributed by atoms with E-state index in [0.717, 1.165) is 17.7 Å². The third kappa shape index (κ3) is 6.60. The van der Waals surface area contributed by atoms with Crippen molar-refractivity contribution in [2.75, 3.05) is 13.2 Å². The van der Waals surface area contributed by atoms with Crippen LogP contribution in [-0.4, -0.2) is 39.1 Å². The Morgan fingerprint density at radius 3 is 2.26 bits per heavy atom. The van der Waals surface area contributed by atoms with Crippen molar-refractivity contribution < 1.29 is 31.1 Å². The SMILES string of the molecule is Cc1ccc(S(=O)(=O)NCCCC2(OCC(F)(F)F)C=CC(=O)C=C2)cc1. The van der Waals surface area contributed by atoms with Gasteiger partial charge in [-0.1, -0.05) is 17.7 Å². The van der Waals surface area contributed by atoms with Crippen LogP contribution in [0.3, 0.4) is 0 Å². The summed E-state index contributed by atoms with van der Waals surface area (Å²) in [6.45, 7) is 0.383. The predicted molar refractivity (Wildman–Crippen MR) is 93.6 cm³/mol. The van der Waals surface area contributed by atoms with Gasteiger partial charge in [0, 0.05) is 6.54 Å². The zero-order valence-electron chi connectivity index (χ0n) is 14.6. The number of halogens is 3. The summed E-state index contributed by atoms with van der Waals surface area (Å²) in [5.41, 5.74) is -0.471. The highest BCUT2D eigenvalue weighted by Gasteiger charge is 2.35. The summed E-state index contributed by atoms with van der Waals surface area (Å²) in [6, 6.07) is 6.29. The van der Waals surface area contributed by atoms with Gasteiger partial charge in [0.1, 0.15) is 12.2 Å². The molecule has 5 nitrogen and oxygen atoms in total. The van der Waals surface area contributed by atoms with Gasteiger partial charge in [-0.05, 0) is 56.2 Å². The Balaban J connectivity index is 1.95. The van der Waals surface area contributed by atoms with Crippen molar-refractivity contribution in [1.29, 1.82) is 0 Å². The summed E-state index contributed by atoms with van der Waals surface area (Å²) in [6.07, 6.45) is 0.625. The Kier molecular flexibility index (Phi) is 6.61. The molecule has 2 rings (SSSR count). The number of hydrogen-bond acceptors (Lipinski definition) is 4. The van der Waals surface area contributed by atoms with Gasteiger partial charge in [-0.2, -0.15) is 13.2 Å². The molecule has 0 bridgehead atoms. The minimum Gasteiger partial charge on any atom is -0.357 e. The van der Waals surface area contributed by atoms with Crippen molar-refractivity contribution in [3.05, 3.63) is 54.1 Å². The molecule has 9 heteroatoms. The van der Waals surface area contributed by atoms with E-state index in [1.54, 1.807) is 12.1 Å². The number of ether oxygens (including phenoxy) is 1. The normalized spacial score (nSPS) is 16.7. The van der Waals surface area contributed by atoms with Crippen molar-refractivity contribution in [3.8, 4) is 0 Å². The summed E-state index contributed by atoms with van der Waals surface area (Å²) in [7, 11) is -3.71. The van der Waals surface area contributed by atoms with E-state index in [2.05, 4.69) is 4.72 Å². The van der Waals surface area contributed by atoms with Crippen LogP contribution in [0.4, 0.5) is 13.2 Å². The molecular weight excluding hydrogens is 383 g/mol. The van der Waals surface area contributed by atoms with Crippen LogP contribution in [0.2, 0.25) is 0 Å². The minimum atomic E-state index is -4.51. The van der Waals surface area contributed by atoms with Crippen LogP contribution in [0.15, 0.2) is 53.5 Å². The van der Waals surface area contributed by atoms with Gasteiger partial charge in [0.15, 0.2) is 5.78 Å². The number of benzene rings is 1. The fraction of sp³-hybridized carbons (Fsp3) is 0.389. The Morgan fingerprint density at radius 1 is 1.11 bits per heavy atom. The third-order valence-electron chi connectivity index (χ3n) is 3.93. The minimum absolute atomic E-state index is 0.0168. The standard InChI is InChI=1S/C18H20F3NO4S/c1-14-3-5-16(6-4-14)27(24,25)22-12-2-9-17(26-13-18(19,20)21)10-7-15(23)8-11-17/h3-8,10-11,22H,2,9,12-13H2,1H3. The van der Waals surface area contributed by atoms with E-state index < -0.39 is 28.4 Å². The molecule has 0 fully saturated rings. The number of carbonyl (C=O) groups excluding carboxylic acids is 1. The Labute approximate surface area is 156 Å². The molecule has 1 aromatic rings. The highest BCUT2D eigenvalue weighted by Crippen LogP contribution is 2.28. The largest absolute Gasteiger partial charge is 0.411 e. The van der Waals surface area contributed by atoms with Crippen molar-refractivity contribution >= 4 is 15.8 Å². The lowest BCUT2D eigenvalue weighted by atomic mass is 9.92. The lowest BCUT2D eigenvalue weighted by Crippen LogP contribution is -2.35. The van der Waals surface area contributed by atoms with Gasteiger partial charge in [-0.3, -0.25) is 4.79 Å². The number of sulfonamides is 1. The molecule has 0 atom stereocenters. The maximum absolute atomic E-state index is 12.5. The van der Waals surface area contributed by atoms with Gasteiger partial charge in [-0.25, -0.2) is 13.1 Å². The zero-order chi connectivity index (χ0) is 20.1. The highest BCUT2D eigenvalue weighted by molar-refractivity contribution is 7.89. The molecule has 0 aliphatic heterocycles. The first-order chi connectivity index (χ1) is 12.5. The van der Waals surface area contributed by atoms with Crippen LogP contribution >= 0.6 is 0 Å². The second kappa shape index (κ2) is 8.37. The zero-order valence-corrected chi connectivity index (χ0v) is 15.4. The van der Waals surface area contributed by atoms with Gasteiger partial charge >= 0.3 is 6.18 Å². The quantitative estimate of drug-likeness (QED) is 0.677. The maximum Gasteiger partial charge on any atom is 0.411 e. The number of aryl methyl sites for hydroxylation is 1. The fourth-order valence-electron chi connectivity index (χ4n) is 2.48. The molecule has 0 amide bonds. The molecule has 1 aliphatic carbocycles. The Bertz CT molecular complexity index is 811. The molecule has 1 aliphatic rings. The fourth-order valence-corrected chi connectivity index (χ4v) is 3.55. The molecule has 1 N–H and O–H groups in total. The van der Waals surface area contributed by atoms with E-state index in [1.165, 1.54) is 24.3 Å². The van der Waals surface area contributed by atoms with Crippen molar-refractivity contribution in [3.63, 3.8) is 0 Å². The number of alkyl halides is 3. The first-order valence-corrected chi connectivity index (χ1v) is 9.69. The van der Waals surface area contributed by atoms with Gasteiger partial charge in [0.05, 0.1) is 4.90 Å². The van der Waals surface area contributed by atoms with E-state index >= 15 is 0 Å². The average Bonchev–Trinajstić information content (AvgIpc) is 2.59. The highest BCUT2D eigenvalue weighted by atomic mass is 32.2. The molecule has 27 heavy (non-hydrogen) atoms. The van der Waals surface area contributed by atoms with Crippen LogP contribution in [0.25, 0.3) is 0 Å². The van der Waals surface area contributed by atoms with Gasteiger partial charge in [0.25, 0.3) is 0 Å². The molecule has 0 aromatic heterocycles. The summed E-state index contributed by atoms with van der Waals surface area (Å²) < 4.78 is 69.3. The second-order valence-corrected chi connectivity index (χ2v) is 8.01. The van der Waals surface area contributed by atoms with E-state index in [0.29, 0.717) is 0 Å². The molecule has 0 saturated heterocycles. The molecule has 0 heterocycles. The molecule has 0 saturated carbocycles. The van der Waals surface area contributed by atoms with E-state index in [-0.39, 0.29) is 30.1 Å².